The summed E-state index contributed by atoms with van der Waals surface area (Å²) in [5.74, 6) is 0.592. The Morgan fingerprint density at radius 1 is 1.39 bits per heavy atom. The first-order valence-electron chi connectivity index (χ1n) is 6.67. The second-order valence-corrected chi connectivity index (χ2v) is 5.37. The fraction of sp³-hybridized carbons (Fsp3) is 0.533. The molecule has 0 saturated carbocycles. The standard InChI is InChI=1S/C15H22N2O/c1-10-4-5-13(12(3)8-10)15(18)17-14-9-16-7-6-11(14)2/h4-5,8,11,14,16H,6-7,9H2,1-3H3,(H,17,18). The zero-order chi connectivity index (χ0) is 13.1. The molecule has 0 spiro atoms. The first-order valence-corrected chi connectivity index (χ1v) is 6.67. The second-order valence-electron chi connectivity index (χ2n) is 5.37. The highest BCUT2D eigenvalue weighted by Crippen LogP contribution is 2.14. The molecule has 2 N–H and O–H groups in total. The highest BCUT2D eigenvalue weighted by Gasteiger charge is 2.23. The van der Waals surface area contributed by atoms with E-state index in [1.165, 1.54) is 5.56 Å². The first kappa shape index (κ1) is 13.1. The van der Waals surface area contributed by atoms with E-state index in [2.05, 4.69) is 23.6 Å². The van der Waals surface area contributed by atoms with Crippen molar-refractivity contribution >= 4 is 5.91 Å². The first-order chi connectivity index (χ1) is 8.58. The van der Waals surface area contributed by atoms with E-state index in [1.807, 2.05) is 26.0 Å². The third-order valence-electron chi connectivity index (χ3n) is 3.77. The van der Waals surface area contributed by atoms with E-state index in [1.54, 1.807) is 0 Å². The van der Waals surface area contributed by atoms with Gasteiger partial charge in [0.2, 0.25) is 0 Å². The average Bonchev–Trinajstić information content (AvgIpc) is 2.32. The molecule has 0 bridgehead atoms. The van der Waals surface area contributed by atoms with Gasteiger partial charge in [-0.05, 0) is 44.4 Å². The van der Waals surface area contributed by atoms with Gasteiger partial charge in [0.05, 0.1) is 0 Å². The van der Waals surface area contributed by atoms with Crippen LogP contribution in [0.2, 0.25) is 0 Å². The molecule has 1 fully saturated rings. The molecule has 1 amide bonds. The van der Waals surface area contributed by atoms with Gasteiger partial charge in [-0.2, -0.15) is 0 Å². The highest BCUT2D eigenvalue weighted by molar-refractivity contribution is 5.95. The monoisotopic (exact) mass is 246 g/mol. The number of carbonyl (C=O) groups excluding carboxylic acids is 1. The third-order valence-corrected chi connectivity index (χ3v) is 3.77. The van der Waals surface area contributed by atoms with Crippen LogP contribution in [0.4, 0.5) is 0 Å². The average molecular weight is 246 g/mol. The molecule has 1 aromatic carbocycles. The molecule has 1 aliphatic heterocycles. The Morgan fingerprint density at radius 2 is 2.17 bits per heavy atom. The van der Waals surface area contributed by atoms with Gasteiger partial charge in [-0.15, -0.1) is 0 Å². The molecule has 2 unspecified atom stereocenters. The van der Waals surface area contributed by atoms with Crippen LogP contribution in [-0.2, 0) is 0 Å². The summed E-state index contributed by atoms with van der Waals surface area (Å²) >= 11 is 0. The molecular formula is C15H22N2O. The molecular weight excluding hydrogens is 224 g/mol. The molecule has 3 heteroatoms. The molecule has 1 saturated heterocycles. The smallest absolute Gasteiger partial charge is 0.251 e. The molecule has 2 rings (SSSR count). The molecule has 98 valence electrons. The minimum Gasteiger partial charge on any atom is -0.348 e. The van der Waals surface area contributed by atoms with Gasteiger partial charge >= 0.3 is 0 Å². The van der Waals surface area contributed by atoms with Crippen LogP contribution in [0.5, 0.6) is 0 Å². The second kappa shape index (κ2) is 5.53. The molecule has 1 heterocycles. The van der Waals surface area contributed by atoms with E-state index >= 15 is 0 Å². The summed E-state index contributed by atoms with van der Waals surface area (Å²) in [7, 11) is 0. The highest BCUT2D eigenvalue weighted by atomic mass is 16.1. The van der Waals surface area contributed by atoms with E-state index in [-0.39, 0.29) is 11.9 Å². The summed E-state index contributed by atoms with van der Waals surface area (Å²) in [6, 6.07) is 6.20. The fourth-order valence-electron chi connectivity index (χ4n) is 2.50. The Balaban J connectivity index is 2.07. The number of carbonyl (C=O) groups is 1. The van der Waals surface area contributed by atoms with Gasteiger partial charge < -0.3 is 10.6 Å². The minimum absolute atomic E-state index is 0.0491. The predicted octanol–water partition coefficient (Wildman–Crippen LogP) is 2.03. The SMILES string of the molecule is Cc1ccc(C(=O)NC2CNCCC2C)c(C)c1. The van der Waals surface area contributed by atoms with Gasteiger partial charge in [-0.1, -0.05) is 24.6 Å². The van der Waals surface area contributed by atoms with Gasteiger partial charge in [0, 0.05) is 18.2 Å². The Labute approximate surface area is 109 Å². The number of rotatable bonds is 2. The normalized spacial score (nSPS) is 23.7. The summed E-state index contributed by atoms with van der Waals surface area (Å²) in [4.78, 5) is 12.3. The van der Waals surface area contributed by atoms with Crippen molar-refractivity contribution in [3.05, 3.63) is 34.9 Å². The zero-order valence-corrected chi connectivity index (χ0v) is 11.4. The van der Waals surface area contributed by atoms with Crippen LogP contribution in [0, 0.1) is 19.8 Å². The lowest BCUT2D eigenvalue weighted by Crippen LogP contribution is -2.50. The van der Waals surface area contributed by atoms with Gasteiger partial charge in [-0.3, -0.25) is 4.79 Å². The fourth-order valence-corrected chi connectivity index (χ4v) is 2.50. The van der Waals surface area contributed by atoms with Crippen molar-refractivity contribution in [1.29, 1.82) is 0 Å². The number of nitrogens with one attached hydrogen (secondary N) is 2. The van der Waals surface area contributed by atoms with E-state index in [9.17, 15) is 4.79 Å². The molecule has 2 atom stereocenters. The minimum atomic E-state index is 0.0491. The van der Waals surface area contributed by atoms with Crippen molar-refractivity contribution in [2.24, 2.45) is 5.92 Å². The van der Waals surface area contributed by atoms with Crippen LogP contribution < -0.4 is 10.6 Å². The molecule has 3 nitrogen and oxygen atoms in total. The van der Waals surface area contributed by atoms with Crippen molar-refractivity contribution in [3.8, 4) is 0 Å². The Kier molecular flexibility index (Phi) is 4.02. The van der Waals surface area contributed by atoms with Gasteiger partial charge in [-0.25, -0.2) is 0 Å². The number of piperidine rings is 1. The lowest BCUT2D eigenvalue weighted by Gasteiger charge is -2.30. The van der Waals surface area contributed by atoms with Gasteiger partial charge in [0.1, 0.15) is 0 Å². The van der Waals surface area contributed by atoms with Crippen LogP contribution in [0.15, 0.2) is 18.2 Å². The van der Waals surface area contributed by atoms with Crippen molar-refractivity contribution in [1.82, 2.24) is 10.6 Å². The van der Waals surface area contributed by atoms with Gasteiger partial charge in [0.15, 0.2) is 0 Å². The third kappa shape index (κ3) is 2.91. The van der Waals surface area contributed by atoms with E-state index in [0.29, 0.717) is 5.92 Å². The molecule has 1 aliphatic rings. The van der Waals surface area contributed by atoms with Crippen LogP contribution in [-0.4, -0.2) is 25.0 Å². The summed E-state index contributed by atoms with van der Waals surface area (Å²) in [5.41, 5.74) is 3.03. The predicted molar refractivity (Wildman–Crippen MR) is 73.8 cm³/mol. The van der Waals surface area contributed by atoms with E-state index in [4.69, 9.17) is 0 Å². The zero-order valence-electron chi connectivity index (χ0n) is 11.4. The van der Waals surface area contributed by atoms with Crippen molar-refractivity contribution in [2.75, 3.05) is 13.1 Å². The molecule has 1 aromatic rings. The Morgan fingerprint density at radius 3 is 2.83 bits per heavy atom. The summed E-state index contributed by atoms with van der Waals surface area (Å²) in [5, 5.41) is 6.47. The maximum Gasteiger partial charge on any atom is 0.251 e. The van der Waals surface area contributed by atoms with Crippen molar-refractivity contribution < 1.29 is 4.79 Å². The Bertz CT molecular complexity index is 442. The lowest BCUT2D eigenvalue weighted by atomic mass is 9.94. The largest absolute Gasteiger partial charge is 0.348 e. The van der Waals surface area contributed by atoms with Crippen molar-refractivity contribution in [2.45, 2.75) is 33.2 Å². The maximum absolute atomic E-state index is 12.3. The number of benzene rings is 1. The van der Waals surface area contributed by atoms with E-state index in [0.717, 1.165) is 30.6 Å². The number of hydrogen-bond acceptors (Lipinski definition) is 2. The van der Waals surface area contributed by atoms with Gasteiger partial charge in [0.25, 0.3) is 5.91 Å². The van der Waals surface area contributed by atoms with E-state index < -0.39 is 0 Å². The molecule has 0 aromatic heterocycles. The quantitative estimate of drug-likeness (QED) is 0.838. The van der Waals surface area contributed by atoms with Crippen LogP contribution in [0.3, 0.4) is 0 Å². The molecule has 18 heavy (non-hydrogen) atoms. The topological polar surface area (TPSA) is 41.1 Å². The van der Waals surface area contributed by atoms with Crippen molar-refractivity contribution in [3.63, 3.8) is 0 Å². The molecule has 0 radical (unpaired) electrons. The number of hydrogen-bond donors (Lipinski definition) is 2. The van der Waals surface area contributed by atoms with Crippen LogP contribution in [0.1, 0.15) is 34.8 Å². The molecule has 0 aliphatic carbocycles. The summed E-state index contributed by atoms with van der Waals surface area (Å²) in [6.07, 6.45) is 1.12. The van der Waals surface area contributed by atoms with Crippen LogP contribution >= 0.6 is 0 Å². The maximum atomic E-state index is 12.3. The van der Waals surface area contributed by atoms with Crippen LogP contribution in [0.25, 0.3) is 0 Å². The summed E-state index contributed by atoms with van der Waals surface area (Å²) in [6.45, 7) is 8.16. The number of aryl methyl sites for hydroxylation is 2. The Hall–Kier alpha value is -1.35. The lowest BCUT2D eigenvalue weighted by molar-refractivity contribution is 0.0914. The number of amides is 1. The summed E-state index contributed by atoms with van der Waals surface area (Å²) < 4.78 is 0.